The van der Waals surface area contributed by atoms with Crippen LogP contribution in [0.4, 0.5) is 8.78 Å². The average molecular weight is 582 g/mol. The summed E-state index contributed by atoms with van der Waals surface area (Å²) in [5.41, 5.74) is -1.94. The SMILES string of the molecule is CC(C)C(C)(C)C[C@@H]1N[C@@H](C(=O)CCC[C@@H](O)CO)[C@H](c2cccc(Cl)c2F)[C@@]1(C#N)c1ccc(Cl)cc1F. The summed E-state index contributed by atoms with van der Waals surface area (Å²) < 4.78 is 31.4. The molecule has 39 heavy (non-hydrogen) atoms. The molecule has 9 heteroatoms. The lowest BCUT2D eigenvalue weighted by atomic mass is 9.61. The minimum Gasteiger partial charge on any atom is -0.394 e. The smallest absolute Gasteiger partial charge is 0.150 e. The number of nitrogens with zero attached hydrogens (tertiary/aromatic N) is 1. The number of carbonyl (C=O) groups is 1. The molecule has 0 aliphatic carbocycles. The predicted molar refractivity (Wildman–Crippen MR) is 149 cm³/mol. The van der Waals surface area contributed by atoms with E-state index < -0.39 is 47.8 Å². The molecule has 1 saturated heterocycles. The number of nitriles is 1. The van der Waals surface area contributed by atoms with E-state index in [4.69, 9.17) is 28.3 Å². The first-order valence-electron chi connectivity index (χ1n) is 13.2. The lowest BCUT2D eigenvalue weighted by Gasteiger charge is -2.40. The number of rotatable bonds is 11. The second-order valence-corrected chi connectivity index (χ2v) is 12.3. The maximum atomic E-state index is 15.7. The van der Waals surface area contributed by atoms with Crippen LogP contribution in [0.5, 0.6) is 0 Å². The van der Waals surface area contributed by atoms with Gasteiger partial charge in [-0.25, -0.2) is 8.78 Å². The quantitative estimate of drug-likeness (QED) is 0.289. The molecule has 212 valence electrons. The molecular formula is C30H36Cl2F2N2O3. The maximum absolute atomic E-state index is 15.7. The Labute approximate surface area is 239 Å². The van der Waals surface area contributed by atoms with E-state index in [-0.39, 0.29) is 57.6 Å². The third kappa shape index (κ3) is 6.31. The highest BCUT2D eigenvalue weighted by molar-refractivity contribution is 6.31. The molecule has 0 saturated carbocycles. The Morgan fingerprint density at radius 3 is 2.51 bits per heavy atom. The molecule has 2 aromatic rings. The van der Waals surface area contributed by atoms with Crippen molar-refractivity contribution >= 4 is 29.0 Å². The molecule has 3 rings (SSSR count). The first-order valence-corrected chi connectivity index (χ1v) is 13.9. The Hall–Kier alpha value is -2.08. The molecule has 1 fully saturated rings. The van der Waals surface area contributed by atoms with Gasteiger partial charge in [-0.2, -0.15) is 5.26 Å². The fourth-order valence-electron chi connectivity index (χ4n) is 5.52. The molecule has 0 bridgehead atoms. The lowest BCUT2D eigenvalue weighted by molar-refractivity contribution is -0.121. The van der Waals surface area contributed by atoms with Crippen molar-refractivity contribution in [2.45, 2.75) is 82.9 Å². The second kappa shape index (κ2) is 12.6. The zero-order valence-corrected chi connectivity index (χ0v) is 24.2. The predicted octanol–water partition coefficient (Wildman–Crippen LogP) is 6.32. The van der Waals surface area contributed by atoms with Crippen LogP contribution in [0.2, 0.25) is 10.0 Å². The second-order valence-electron chi connectivity index (χ2n) is 11.5. The monoisotopic (exact) mass is 580 g/mol. The van der Waals surface area contributed by atoms with Crippen molar-refractivity contribution in [3.63, 3.8) is 0 Å². The minimum atomic E-state index is -1.68. The van der Waals surface area contributed by atoms with Gasteiger partial charge < -0.3 is 15.5 Å². The van der Waals surface area contributed by atoms with Gasteiger partial charge in [0.2, 0.25) is 0 Å². The molecule has 1 heterocycles. The first kappa shape index (κ1) is 31.4. The minimum absolute atomic E-state index is 0.0122. The highest BCUT2D eigenvalue weighted by atomic mass is 35.5. The summed E-state index contributed by atoms with van der Waals surface area (Å²) in [5.74, 6) is -2.72. The van der Waals surface area contributed by atoms with Gasteiger partial charge in [0, 0.05) is 29.0 Å². The first-order chi connectivity index (χ1) is 18.3. The van der Waals surface area contributed by atoms with Gasteiger partial charge in [-0.05, 0) is 54.4 Å². The number of benzene rings is 2. The molecule has 0 unspecified atom stereocenters. The van der Waals surface area contributed by atoms with Crippen LogP contribution in [0.1, 0.15) is 70.4 Å². The number of carbonyl (C=O) groups excluding carboxylic acids is 1. The van der Waals surface area contributed by atoms with E-state index in [0.29, 0.717) is 6.42 Å². The third-order valence-corrected chi connectivity index (χ3v) is 8.97. The van der Waals surface area contributed by atoms with E-state index in [0.717, 1.165) is 6.07 Å². The van der Waals surface area contributed by atoms with Crippen molar-refractivity contribution in [1.82, 2.24) is 5.32 Å². The largest absolute Gasteiger partial charge is 0.394 e. The molecule has 0 radical (unpaired) electrons. The van der Waals surface area contributed by atoms with E-state index in [9.17, 15) is 15.2 Å². The zero-order valence-electron chi connectivity index (χ0n) is 22.6. The Morgan fingerprint density at radius 2 is 1.92 bits per heavy atom. The standard InChI is InChI=1S/C30H36Cl2F2N2O3/c1-17(2)29(3,4)14-25-30(16-35,21-12-11-18(31)13-23(21)33)26(20-8-6-9-22(32)27(20)34)28(36-25)24(39)10-5-7-19(38)15-37/h6,8-9,11-13,17,19,25-26,28,36-38H,5,7,10,14-15H2,1-4H3/t19-,25+,26+,28+,30+/m1/s1. The molecule has 5 nitrogen and oxygen atoms in total. The maximum Gasteiger partial charge on any atom is 0.150 e. The van der Waals surface area contributed by atoms with Crippen molar-refractivity contribution in [1.29, 1.82) is 5.26 Å². The van der Waals surface area contributed by atoms with Crippen LogP contribution in [0.3, 0.4) is 0 Å². The van der Waals surface area contributed by atoms with Crippen molar-refractivity contribution in [2.24, 2.45) is 11.3 Å². The van der Waals surface area contributed by atoms with E-state index in [1.165, 1.54) is 24.3 Å². The van der Waals surface area contributed by atoms with Crippen LogP contribution in [-0.4, -0.2) is 40.8 Å². The summed E-state index contributed by atoms with van der Waals surface area (Å²) in [4.78, 5) is 13.7. The van der Waals surface area contributed by atoms with Crippen LogP contribution in [-0.2, 0) is 10.2 Å². The van der Waals surface area contributed by atoms with E-state index >= 15 is 8.78 Å². The van der Waals surface area contributed by atoms with Crippen LogP contribution in [0.25, 0.3) is 0 Å². The number of aliphatic hydroxyl groups excluding tert-OH is 2. The molecule has 0 amide bonds. The Morgan fingerprint density at radius 1 is 1.23 bits per heavy atom. The Balaban J connectivity index is 2.26. The summed E-state index contributed by atoms with van der Waals surface area (Å²) in [6.07, 6.45) is -0.0777. The molecule has 3 N–H and O–H groups in total. The van der Waals surface area contributed by atoms with Gasteiger partial charge in [-0.1, -0.05) is 69.1 Å². The average Bonchev–Trinajstić information content (AvgIpc) is 3.19. The molecule has 2 aromatic carbocycles. The summed E-state index contributed by atoms with van der Waals surface area (Å²) in [5, 5.41) is 33.1. The molecule has 5 atom stereocenters. The molecule has 1 aliphatic heterocycles. The van der Waals surface area contributed by atoms with Crippen LogP contribution < -0.4 is 5.32 Å². The Bertz CT molecular complexity index is 1230. The van der Waals surface area contributed by atoms with Gasteiger partial charge in [0.15, 0.2) is 0 Å². The van der Waals surface area contributed by atoms with Crippen LogP contribution >= 0.6 is 23.2 Å². The molecule has 0 spiro atoms. The number of hydrogen-bond donors (Lipinski definition) is 3. The molecule has 0 aromatic heterocycles. The highest BCUT2D eigenvalue weighted by Gasteiger charge is 2.61. The summed E-state index contributed by atoms with van der Waals surface area (Å²) in [6.45, 7) is 7.76. The van der Waals surface area contributed by atoms with Gasteiger partial charge in [-0.15, -0.1) is 0 Å². The number of ketones is 1. The normalized spacial score (nSPS) is 24.1. The van der Waals surface area contributed by atoms with E-state index in [1.807, 2.05) is 13.8 Å². The fraction of sp³-hybridized carbons (Fsp3) is 0.533. The number of nitrogens with one attached hydrogen (secondary N) is 1. The third-order valence-electron chi connectivity index (χ3n) is 8.44. The molecular weight excluding hydrogens is 545 g/mol. The highest BCUT2D eigenvalue weighted by Crippen LogP contribution is 2.53. The number of halogens is 4. The summed E-state index contributed by atoms with van der Waals surface area (Å²) >= 11 is 12.2. The van der Waals surface area contributed by atoms with E-state index in [2.05, 4.69) is 25.2 Å². The number of hydrogen-bond acceptors (Lipinski definition) is 5. The molecule has 1 aliphatic rings. The van der Waals surface area contributed by atoms with Gasteiger partial charge in [0.25, 0.3) is 0 Å². The van der Waals surface area contributed by atoms with Crippen molar-refractivity contribution in [3.8, 4) is 6.07 Å². The van der Waals surface area contributed by atoms with Gasteiger partial charge in [0.05, 0.1) is 29.8 Å². The number of Topliss-reactive ketones (excluding diaryl/α,β-unsaturated/α-hetero) is 1. The van der Waals surface area contributed by atoms with Crippen LogP contribution in [0.15, 0.2) is 36.4 Å². The van der Waals surface area contributed by atoms with Crippen LogP contribution in [0, 0.1) is 34.3 Å². The van der Waals surface area contributed by atoms with Gasteiger partial charge in [-0.3, -0.25) is 4.79 Å². The van der Waals surface area contributed by atoms with Gasteiger partial charge >= 0.3 is 0 Å². The van der Waals surface area contributed by atoms with Gasteiger partial charge in [0.1, 0.15) is 22.8 Å². The summed E-state index contributed by atoms with van der Waals surface area (Å²) in [7, 11) is 0. The lowest BCUT2D eigenvalue weighted by Crippen LogP contribution is -2.46. The van der Waals surface area contributed by atoms with E-state index in [1.54, 1.807) is 6.07 Å². The van der Waals surface area contributed by atoms with Crippen molar-refractivity contribution < 1.29 is 23.8 Å². The van der Waals surface area contributed by atoms with Crippen molar-refractivity contribution in [2.75, 3.05) is 6.61 Å². The zero-order chi connectivity index (χ0) is 29.1. The Kier molecular flexibility index (Phi) is 10.2. The van der Waals surface area contributed by atoms with Crippen molar-refractivity contribution in [3.05, 3.63) is 69.2 Å². The number of aliphatic hydroxyl groups is 2. The fourth-order valence-corrected chi connectivity index (χ4v) is 5.86. The topological polar surface area (TPSA) is 93.3 Å². The summed E-state index contributed by atoms with van der Waals surface area (Å²) in [6, 6.07) is 9.05.